The summed E-state index contributed by atoms with van der Waals surface area (Å²) in [4.78, 5) is 29.1. The third-order valence-electron chi connectivity index (χ3n) is 3.39. The predicted molar refractivity (Wildman–Crippen MR) is 70.4 cm³/mol. The number of carboxylic acid groups (broad SMARTS) is 1. The second-order valence-electron chi connectivity index (χ2n) is 5.11. The van der Waals surface area contributed by atoms with Crippen LogP contribution < -0.4 is 10.2 Å². The van der Waals surface area contributed by atoms with Crippen LogP contribution in [0.1, 0.15) is 29.9 Å². The topological polar surface area (TPSA) is 82.5 Å². The molecule has 2 N–H and O–H groups in total. The van der Waals surface area contributed by atoms with Gasteiger partial charge in [-0.3, -0.25) is 9.78 Å². The number of aromatic nitrogens is 1. The van der Waals surface area contributed by atoms with Gasteiger partial charge >= 0.3 is 5.97 Å². The third kappa shape index (κ3) is 2.25. The molecule has 0 atom stereocenters. The smallest absolute Gasteiger partial charge is 0.339 e. The highest BCUT2D eigenvalue weighted by molar-refractivity contribution is 5.97. The minimum atomic E-state index is -1.04. The zero-order chi connectivity index (χ0) is 14.2. The van der Waals surface area contributed by atoms with Gasteiger partial charge in [-0.15, -0.1) is 0 Å². The van der Waals surface area contributed by atoms with Crippen molar-refractivity contribution in [2.45, 2.75) is 26.3 Å². The Hall–Kier alpha value is -2.11. The average molecular weight is 263 g/mol. The first-order valence-electron chi connectivity index (χ1n) is 6.10. The minimum Gasteiger partial charge on any atom is -0.478 e. The molecule has 0 saturated carbocycles. The van der Waals surface area contributed by atoms with Crippen molar-refractivity contribution in [1.82, 2.24) is 10.3 Å². The highest BCUT2D eigenvalue weighted by Crippen LogP contribution is 2.29. The van der Waals surface area contributed by atoms with Crippen LogP contribution >= 0.6 is 0 Å². The van der Waals surface area contributed by atoms with Gasteiger partial charge in [-0.2, -0.15) is 0 Å². The molecule has 1 aliphatic rings. The van der Waals surface area contributed by atoms with Crippen LogP contribution in [0.3, 0.4) is 0 Å². The van der Waals surface area contributed by atoms with E-state index in [0.29, 0.717) is 18.8 Å². The first-order chi connectivity index (χ1) is 8.84. The molecule has 1 saturated heterocycles. The van der Waals surface area contributed by atoms with E-state index in [9.17, 15) is 14.7 Å². The molecule has 1 aliphatic heterocycles. The summed E-state index contributed by atoms with van der Waals surface area (Å²) in [6.45, 7) is 6.43. The van der Waals surface area contributed by atoms with Crippen molar-refractivity contribution in [1.29, 1.82) is 0 Å². The summed E-state index contributed by atoms with van der Waals surface area (Å²) in [6, 6.07) is 1.71. The fraction of sp³-hybridized carbons (Fsp3) is 0.462. The number of aryl methyl sites for hydroxylation is 1. The van der Waals surface area contributed by atoms with Crippen molar-refractivity contribution in [2.24, 2.45) is 0 Å². The maximum Gasteiger partial charge on any atom is 0.339 e. The first kappa shape index (κ1) is 13.3. The van der Waals surface area contributed by atoms with E-state index in [2.05, 4.69) is 10.3 Å². The average Bonchev–Trinajstić information content (AvgIpc) is 2.32. The van der Waals surface area contributed by atoms with E-state index < -0.39 is 11.5 Å². The number of piperazine rings is 1. The van der Waals surface area contributed by atoms with Gasteiger partial charge in [-0.25, -0.2) is 4.79 Å². The van der Waals surface area contributed by atoms with Crippen molar-refractivity contribution >= 4 is 17.6 Å². The molecule has 0 radical (unpaired) electrons. The zero-order valence-corrected chi connectivity index (χ0v) is 11.2. The molecule has 0 aliphatic carbocycles. The van der Waals surface area contributed by atoms with Crippen LogP contribution in [0.2, 0.25) is 0 Å². The van der Waals surface area contributed by atoms with Crippen LogP contribution in [-0.2, 0) is 4.79 Å². The lowest BCUT2D eigenvalue weighted by Gasteiger charge is -2.43. The number of carbonyl (C=O) groups excluding carboxylic acids is 1. The molecule has 0 unspecified atom stereocenters. The van der Waals surface area contributed by atoms with Crippen molar-refractivity contribution in [3.05, 3.63) is 23.5 Å². The summed E-state index contributed by atoms with van der Waals surface area (Å²) in [6.07, 6.45) is 1.34. The predicted octanol–water partition coefficient (Wildman–Crippen LogP) is 0.803. The van der Waals surface area contributed by atoms with Crippen LogP contribution in [-0.4, -0.2) is 40.6 Å². The highest BCUT2D eigenvalue weighted by Gasteiger charge is 2.39. The lowest BCUT2D eigenvalue weighted by atomic mass is 9.97. The van der Waals surface area contributed by atoms with Gasteiger partial charge < -0.3 is 15.3 Å². The number of pyridine rings is 1. The number of aromatic carboxylic acids is 1. The van der Waals surface area contributed by atoms with Crippen molar-refractivity contribution in [3.63, 3.8) is 0 Å². The minimum absolute atomic E-state index is 0.107. The number of amides is 1. The lowest BCUT2D eigenvalue weighted by molar-refractivity contribution is -0.126. The summed E-state index contributed by atoms with van der Waals surface area (Å²) >= 11 is 0. The number of carbonyl (C=O) groups is 2. The lowest BCUT2D eigenvalue weighted by Crippen LogP contribution is -2.62. The second-order valence-corrected chi connectivity index (χ2v) is 5.11. The fourth-order valence-electron chi connectivity index (χ4n) is 2.25. The number of rotatable bonds is 2. The van der Waals surface area contributed by atoms with E-state index in [1.54, 1.807) is 26.8 Å². The SMILES string of the molecule is Cc1cc(N2CCNC(=O)C2(C)C)c(C(=O)O)cn1. The van der Waals surface area contributed by atoms with E-state index in [-0.39, 0.29) is 11.5 Å². The Morgan fingerprint density at radius 3 is 2.84 bits per heavy atom. The van der Waals surface area contributed by atoms with Gasteiger partial charge in [0.05, 0.1) is 5.69 Å². The zero-order valence-electron chi connectivity index (χ0n) is 11.2. The number of anilines is 1. The van der Waals surface area contributed by atoms with Crippen LogP contribution in [0, 0.1) is 6.92 Å². The van der Waals surface area contributed by atoms with Gasteiger partial charge in [-0.1, -0.05) is 0 Å². The second kappa shape index (κ2) is 4.53. The van der Waals surface area contributed by atoms with Gasteiger partial charge in [0.1, 0.15) is 11.1 Å². The molecule has 0 aromatic carbocycles. The molecule has 102 valence electrons. The molecule has 6 heteroatoms. The molecule has 19 heavy (non-hydrogen) atoms. The van der Waals surface area contributed by atoms with Crippen LogP contribution in [0.15, 0.2) is 12.3 Å². The molecule has 0 bridgehead atoms. The molecule has 6 nitrogen and oxygen atoms in total. The largest absolute Gasteiger partial charge is 0.478 e. The highest BCUT2D eigenvalue weighted by atomic mass is 16.4. The van der Waals surface area contributed by atoms with Crippen LogP contribution in [0.25, 0.3) is 0 Å². The summed E-state index contributed by atoms with van der Waals surface area (Å²) in [5.74, 6) is -1.14. The molecule has 1 fully saturated rings. The molecule has 1 aromatic heterocycles. The Morgan fingerprint density at radius 1 is 1.53 bits per heavy atom. The molecular formula is C13H17N3O3. The Morgan fingerprint density at radius 2 is 2.21 bits per heavy atom. The third-order valence-corrected chi connectivity index (χ3v) is 3.39. The van der Waals surface area contributed by atoms with Gasteiger partial charge in [-0.05, 0) is 26.8 Å². The van der Waals surface area contributed by atoms with Crippen LogP contribution in [0.4, 0.5) is 5.69 Å². The normalized spacial score (nSPS) is 18.1. The van der Waals surface area contributed by atoms with Crippen LogP contribution in [0.5, 0.6) is 0 Å². The summed E-state index contributed by atoms with van der Waals surface area (Å²) in [7, 11) is 0. The number of carboxylic acids is 1. The Balaban J connectivity index is 2.54. The summed E-state index contributed by atoms with van der Waals surface area (Å²) in [5.41, 5.74) is 0.603. The molecule has 1 amide bonds. The maximum absolute atomic E-state index is 11.9. The van der Waals surface area contributed by atoms with E-state index in [1.807, 2.05) is 4.90 Å². The first-order valence-corrected chi connectivity index (χ1v) is 6.10. The summed E-state index contributed by atoms with van der Waals surface area (Å²) in [5, 5.41) is 12.0. The number of nitrogens with one attached hydrogen (secondary N) is 1. The molecule has 2 rings (SSSR count). The number of hydrogen-bond donors (Lipinski definition) is 2. The summed E-state index contributed by atoms with van der Waals surface area (Å²) < 4.78 is 0. The fourth-order valence-corrected chi connectivity index (χ4v) is 2.25. The Kier molecular flexibility index (Phi) is 3.18. The van der Waals surface area contributed by atoms with Crippen molar-refractivity contribution in [2.75, 3.05) is 18.0 Å². The van der Waals surface area contributed by atoms with Gasteiger partial charge in [0, 0.05) is 25.0 Å². The molecular weight excluding hydrogens is 246 g/mol. The van der Waals surface area contributed by atoms with Gasteiger partial charge in [0.25, 0.3) is 0 Å². The van der Waals surface area contributed by atoms with Gasteiger partial charge in [0.2, 0.25) is 5.91 Å². The quantitative estimate of drug-likeness (QED) is 0.824. The Labute approximate surface area is 111 Å². The molecule has 0 spiro atoms. The number of nitrogens with zero attached hydrogens (tertiary/aromatic N) is 2. The Bertz CT molecular complexity index is 540. The number of hydrogen-bond acceptors (Lipinski definition) is 4. The standard InChI is InChI=1S/C13H17N3O3/c1-8-6-10(9(7-15-8)11(17)18)16-5-4-14-12(19)13(16,2)3/h6-7H,4-5H2,1-3H3,(H,14,19)(H,17,18). The monoisotopic (exact) mass is 263 g/mol. The molecule has 1 aromatic rings. The van der Waals surface area contributed by atoms with Crippen molar-refractivity contribution in [3.8, 4) is 0 Å². The maximum atomic E-state index is 11.9. The van der Waals surface area contributed by atoms with E-state index in [1.165, 1.54) is 6.20 Å². The van der Waals surface area contributed by atoms with E-state index >= 15 is 0 Å². The van der Waals surface area contributed by atoms with E-state index in [4.69, 9.17) is 0 Å². The van der Waals surface area contributed by atoms with Gasteiger partial charge in [0.15, 0.2) is 0 Å². The van der Waals surface area contributed by atoms with E-state index in [0.717, 1.165) is 5.69 Å². The van der Waals surface area contributed by atoms with Crippen molar-refractivity contribution < 1.29 is 14.7 Å². The molecule has 2 heterocycles.